The van der Waals surface area contributed by atoms with Gasteiger partial charge in [0, 0.05) is 32.0 Å². The third-order valence-corrected chi connectivity index (χ3v) is 4.88. The van der Waals surface area contributed by atoms with E-state index in [0.717, 1.165) is 29.5 Å². The molecule has 0 saturated heterocycles. The van der Waals surface area contributed by atoms with Gasteiger partial charge in [-0.15, -0.1) is 0 Å². The Hall–Kier alpha value is -3.09. The van der Waals surface area contributed by atoms with Gasteiger partial charge >= 0.3 is 0 Å². The van der Waals surface area contributed by atoms with Gasteiger partial charge in [0.25, 0.3) is 0 Å². The number of nitrogens with one attached hydrogen (secondary N) is 2. The summed E-state index contributed by atoms with van der Waals surface area (Å²) in [5, 5.41) is 15.9. The van der Waals surface area contributed by atoms with E-state index in [1.54, 1.807) is 7.05 Å². The van der Waals surface area contributed by atoms with Crippen molar-refractivity contribution in [3.63, 3.8) is 0 Å². The van der Waals surface area contributed by atoms with Gasteiger partial charge in [0.2, 0.25) is 0 Å². The van der Waals surface area contributed by atoms with E-state index in [9.17, 15) is 0 Å². The van der Waals surface area contributed by atoms with Crippen molar-refractivity contribution in [1.29, 1.82) is 0 Å². The zero-order valence-corrected chi connectivity index (χ0v) is 17.3. The Bertz CT molecular complexity index is 937. The van der Waals surface area contributed by atoms with Crippen LogP contribution in [0, 0.1) is 13.8 Å². The molecular weight excluding hydrogens is 350 g/mol. The van der Waals surface area contributed by atoms with Crippen LogP contribution in [-0.4, -0.2) is 38.6 Å². The Balaban J connectivity index is 1.55. The van der Waals surface area contributed by atoms with Crippen LogP contribution in [0.5, 0.6) is 0 Å². The highest BCUT2D eigenvalue weighted by atomic mass is 15.3. The predicted octanol–water partition coefficient (Wildman–Crippen LogP) is 2.52. The lowest BCUT2D eigenvalue weighted by Crippen LogP contribution is -2.42. The van der Waals surface area contributed by atoms with Gasteiger partial charge < -0.3 is 10.6 Å². The van der Waals surface area contributed by atoms with E-state index in [2.05, 4.69) is 46.6 Å². The van der Waals surface area contributed by atoms with Crippen LogP contribution >= 0.6 is 0 Å². The molecule has 1 aromatic carbocycles. The molecule has 0 amide bonds. The van der Waals surface area contributed by atoms with Crippen LogP contribution in [0.2, 0.25) is 0 Å². The first kappa shape index (κ1) is 19.7. The number of hydrogen-bond acceptors (Lipinski definition) is 3. The molecule has 2 N–H and O–H groups in total. The molecule has 1 atom stereocenters. The van der Waals surface area contributed by atoms with Crippen LogP contribution < -0.4 is 10.6 Å². The van der Waals surface area contributed by atoms with E-state index in [-0.39, 0.29) is 6.04 Å². The summed E-state index contributed by atoms with van der Waals surface area (Å²) in [6.07, 6.45) is 2.87. The lowest BCUT2D eigenvalue weighted by molar-refractivity contribution is 0.633. The highest BCUT2D eigenvalue weighted by Crippen LogP contribution is 2.14. The summed E-state index contributed by atoms with van der Waals surface area (Å²) in [6.45, 7) is 6.93. The third-order valence-electron chi connectivity index (χ3n) is 4.88. The van der Waals surface area contributed by atoms with Gasteiger partial charge in [0.05, 0.1) is 23.6 Å². The molecule has 1 unspecified atom stereocenters. The molecule has 7 heteroatoms. The Morgan fingerprint density at radius 3 is 2.54 bits per heavy atom. The van der Waals surface area contributed by atoms with Crippen molar-refractivity contribution in [2.45, 2.75) is 39.8 Å². The fraction of sp³-hybridized carbons (Fsp3) is 0.381. The molecule has 0 fully saturated rings. The van der Waals surface area contributed by atoms with Crippen molar-refractivity contribution in [2.24, 2.45) is 12.0 Å². The summed E-state index contributed by atoms with van der Waals surface area (Å²) in [4.78, 5) is 4.34. The molecule has 0 saturated carbocycles. The first-order valence-electron chi connectivity index (χ1n) is 9.54. The van der Waals surface area contributed by atoms with Crippen LogP contribution in [0.15, 0.2) is 47.6 Å². The zero-order valence-electron chi connectivity index (χ0n) is 17.3. The maximum Gasteiger partial charge on any atom is 0.191 e. The minimum atomic E-state index is 0.231. The molecular formula is C21H29N7. The van der Waals surface area contributed by atoms with Gasteiger partial charge in [0.15, 0.2) is 5.96 Å². The summed E-state index contributed by atoms with van der Waals surface area (Å²) >= 11 is 0. The maximum atomic E-state index is 4.62. The maximum absolute atomic E-state index is 4.62. The lowest BCUT2D eigenvalue weighted by Gasteiger charge is -2.18. The summed E-state index contributed by atoms with van der Waals surface area (Å²) in [7, 11) is 3.77. The highest BCUT2D eigenvalue weighted by molar-refractivity contribution is 5.79. The topological polar surface area (TPSA) is 72.1 Å². The first-order valence-corrected chi connectivity index (χ1v) is 9.54. The van der Waals surface area contributed by atoms with Gasteiger partial charge in [-0.05, 0) is 51.0 Å². The van der Waals surface area contributed by atoms with Crippen LogP contribution in [-0.2, 0) is 20.0 Å². The third kappa shape index (κ3) is 4.60. The van der Waals surface area contributed by atoms with E-state index < -0.39 is 0 Å². The van der Waals surface area contributed by atoms with Gasteiger partial charge in [-0.25, -0.2) is 4.68 Å². The fourth-order valence-corrected chi connectivity index (χ4v) is 3.25. The summed E-state index contributed by atoms with van der Waals surface area (Å²) in [6, 6.07) is 12.3. The van der Waals surface area contributed by atoms with Crippen LogP contribution in [0.1, 0.15) is 29.6 Å². The monoisotopic (exact) mass is 379 g/mol. The van der Waals surface area contributed by atoms with Crippen molar-refractivity contribution in [3.05, 3.63) is 65.2 Å². The van der Waals surface area contributed by atoms with E-state index >= 15 is 0 Å². The average molecular weight is 380 g/mol. The molecule has 0 aliphatic carbocycles. The quantitative estimate of drug-likeness (QED) is 0.510. The number of aromatic nitrogens is 4. The van der Waals surface area contributed by atoms with Crippen molar-refractivity contribution in [1.82, 2.24) is 30.2 Å². The molecule has 0 bridgehead atoms. The number of para-hydroxylation sites is 1. The Morgan fingerprint density at radius 1 is 1.14 bits per heavy atom. The molecule has 3 rings (SSSR count). The predicted molar refractivity (Wildman–Crippen MR) is 113 cm³/mol. The van der Waals surface area contributed by atoms with E-state index in [0.29, 0.717) is 6.54 Å². The normalized spacial score (nSPS) is 12.8. The number of aliphatic imine (C=N–C) groups is 1. The highest BCUT2D eigenvalue weighted by Gasteiger charge is 2.14. The zero-order chi connectivity index (χ0) is 20.1. The standard InChI is InChI=1S/C21H29N7/c1-15(13-20-16(2)25-27(5)17(20)3)24-21(22-4)23-14-18-11-12-28(26-18)19-9-7-6-8-10-19/h6-12,15H,13-14H2,1-5H3,(H2,22,23,24). The number of guanidine groups is 1. The van der Waals surface area contributed by atoms with Crippen LogP contribution in [0.4, 0.5) is 0 Å². The van der Waals surface area contributed by atoms with Gasteiger partial charge in [-0.3, -0.25) is 9.67 Å². The smallest absolute Gasteiger partial charge is 0.191 e. The van der Waals surface area contributed by atoms with Gasteiger partial charge in [-0.2, -0.15) is 10.2 Å². The lowest BCUT2D eigenvalue weighted by atomic mass is 10.1. The Labute approximate surface area is 166 Å². The minimum absolute atomic E-state index is 0.231. The summed E-state index contributed by atoms with van der Waals surface area (Å²) in [5.74, 6) is 0.765. The second kappa shape index (κ2) is 8.73. The first-order chi connectivity index (χ1) is 13.5. The molecule has 28 heavy (non-hydrogen) atoms. The molecule has 148 valence electrons. The molecule has 0 spiro atoms. The van der Waals surface area contributed by atoms with Crippen molar-refractivity contribution < 1.29 is 0 Å². The van der Waals surface area contributed by atoms with Gasteiger partial charge in [0.1, 0.15) is 0 Å². The molecule has 3 aromatic rings. The van der Waals surface area contributed by atoms with E-state index in [1.165, 1.54) is 11.3 Å². The summed E-state index contributed by atoms with van der Waals surface area (Å²) in [5.41, 5.74) is 5.59. The SMILES string of the molecule is CN=C(NCc1ccn(-c2ccccc2)n1)NC(C)Cc1c(C)nn(C)c1C. The molecule has 2 heterocycles. The largest absolute Gasteiger partial charge is 0.354 e. The van der Waals surface area contributed by atoms with Crippen molar-refractivity contribution in [3.8, 4) is 5.69 Å². The number of rotatable bonds is 6. The second-order valence-corrected chi connectivity index (χ2v) is 7.04. The number of nitrogens with zero attached hydrogens (tertiary/aromatic N) is 5. The van der Waals surface area contributed by atoms with Crippen LogP contribution in [0.25, 0.3) is 5.69 Å². The van der Waals surface area contributed by atoms with E-state index in [4.69, 9.17) is 0 Å². The molecule has 7 nitrogen and oxygen atoms in total. The molecule has 2 aromatic heterocycles. The van der Waals surface area contributed by atoms with Crippen molar-refractivity contribution in [2.75, 3.05) is 7.05 Å². The van der Waals surface area contributed by atoms with Crippen LogP contribution in [0.3, 0.4) is 0 Å². The van der Waals surface area contributed by atoms with Crippen molar-refractivity contribution >= 4 is 5.96 Å². The second-order valence-electron chi connectivity index (χ2n) is 7.04. The molecule has 0 radical (unpaired) electrons. The Morgan fingerprint density at radius 2 is 1.89 bits per heavy atom. The average Bonchev–Trinajstić information content (AvgIpc) is 3.26. The molecule has 0 aliphatic heterocycles. The Kier molecular flexibility index (Phi) is 6.13. The fourth-order valence-electron chi connectivity index (χ4n) is 3.25. The number of benzene rings is 1. The summed E-state index contributed by atoms with van der Waals surface area (Å²) < 4.78 is 3.82. The number of hydrogen-bond donors (Lipinski definition) is 2. The number of aryl methyl sites for hydroxylation is 2. The van der Waals surface area contributed by atoms with Gasteiger partial charge in [-0.1, -0.05) is 18.2 Å². The minimum Gasteiger partial charge on any atom is -0.354 e. The molecule has 0 aliphatic rings. The van der Waals surface area contributed by atoms with E-state index in [1.807, 2.05) is 59.0 Å².